The molecule has 146 valence electrons. The van der Waals surface area contributed by atoms with Crippen molar-refractivity contribution in [1.29, 1.82) is 0 Å². The molecule has 2 aromatic heterocycles. The summed E-state index contributed by atoms with van der Waals surface area (Å²) in [5.41, 5.74) is 5.69. The summed E-state index contributed by atoms with van der Waals surface area (Å²) in [7, 11) is 1.55. The second-order valence-electron chi connectivity index (χ2n) is 6.55. The number of fused-ring (bicyclic) bond motifs is 1. The summed E-state index contributed by atoms with van der Waals surface area (Å²) in [6.45, 7) is 5.38. The number of amides is 2. The quantitative estimate of drug-likeness (QED) is 0.647. The molecule has 0 bridgehead atoms. The third-order valence-corrected chi connectivity index (χ3v) is 4.03. The lowest BCUT2D eigenvalue weighted by Crippen LogP contribution is -2.21. The van der Waals surface area contributed by atoms with Crippen LogP contribution in [-0.4, -0.2) is 27.7 Å². The molecule has 0 fully saturated rings. The molecule has 0 saturated heterocycles. The number of aromatic nitrogens is 2. The molecular weight excluding hydrogens is 364 g/mol. The van der Waals surface area contributed by atoms with E-state index in [2.05, 4.69) is 10.4 Å². The van der Waals surface area contributed by atoms with Crippen molar-refractivity contribution in [2.24, 2.45) is 12.8 Å². The SMILES string of the molecule is Cc1nn(C)c(C(N)=O)c1NC(=O)c1cc(=O)oc2cc(OC(C)C)ccc12. The molecule has 0 spiro atoms. The van der Waals surface area contributed by atoms with Gasteiger partial charge in [-0.3, -0.25) is 14.3 Å². The minimum atomic E-state index is -0.730. The highest BCUT2D eigenvalue weighted by Crippen LogP contribution is 2.25. The number of nitrogens with one attached hydrogen (secondary N) is 1. The molecule has 0 unspecified atom stereocenters. The number of rotatable bonds is 5. The third-order valence-electron chi connectivity index (χ3n) is 4.03. The maximum Gasteiger partial charge on any atom is 0.337 e. The molecule has 0 aliphatic rings. The van der Waals surface area contributed by atoms with Crippen LogP contribution in [0.2, 0.25) is 0 Å². The van der Waals surface area contributed by atoms with Crippen molar-refractivity contribution >= 4 is 28.5 Å². The van der Waals surface area contributed by atoms with E-state index in [1.165, 1.54) is 4.68 Å². The molecule has 1 aromatic carbocycles. The Balaban J connectivity index is 2.05. The van der Waals surface area contributed by atoms with Crippen LogP contribution in [0.25, 0.3) is 11.0 Å². The van der Waals surface area contributed by atoms with E-state index in [1.807, 2.05) is 13.8 Å². The molecule has 0 radical (unpaired) electrons. The number of hydrogen-bond acceptors (Lipinski definition) is 6. The predicted molar refractivity (Wildman–Crippen MR) is 103 cm³/mol. The number of ether oxygens (including phenoxy) is 1. The summed E-state index contributed by atoms with van der Waals surface area (Å²) in [6.07, 6.45) is -0.0589. The van der Waals surface area contributed by atoms with Crippen molar-refractivity contribution in [3.63, 3.8) is 0 Å². The van der Waals surface area contributed by atoms with Gasteiger partial charge in [0.15, 0.2) is 0 Å². The Morgan fingerprint density at radius 2 is 2.00 bits per heavy atom. The van der Waals surface area contributed by atoms with Gasteiger partial charge in [0.25, 0.3) is 11.8 Å². The van der Waals surface area contributed by atoms with Gasteiger partial charge in [-0.1, -0.05) is 0 Å². The van der Waals surface area contributed by atoms with E-state index in [0.717, 1.165) is 6.07 Å². The zero-order chi connectivity index (χ0) is 20.6. The molecule has 0 aliphatic heterocycles. The monoisotopic (exact) mass is 384 g/mol. The fourth-order valence-corrected chi connectivity index (χ4v) is 2.95. The maximum atomic E-state index is 12.9. The summed E-state index contributed by atoms with van der Waals surface area (Å²) in [4.78, 5) is 36.5. The molecule has 0 atom stereocenters. The highest BCUT2D eigenvalue weighted by atomic mass is 16.5. The zero-order valence-corrected chi connectivity index (χ0v) is 15.9. The van der Waals surface area contributed by atoms with E-state index in [0.29, 0.717) is 16.8 Å². The Bertz CT molecular complexity index is 1140. The lowest BCUT2D eigenvalue weighted by Gasteiger charge is -2.11. The topological polar surface area (TPSA) is 129 Å². The third kappa shape index (κ3) is 3.59. The Labute approximate surface area is 160 Å². The van der Waals surface area contributed by atoms with E-state index >= 15 is 0 Å². The van der Waals surface area contributed by atoms with Crippen LogP contribution < -0.4 is 21.4 Å². The summed E-state index contributed by atoms with van der Waals surface area (Å²) in [5, 5.41) is 7.16. The van der Waals surface area contributed by atoms with Crippen LogP contribution in [0.1, 0.15) is 40.4 Å². The standard InChI is InChI=1S/C19H20N4O5/c1-9(2)27-11-5-6-12-13(8-15(24)28-14(12)7-11)19(26)21-16-10(3)22-23(4)17(16)18(20)25/h5-9H,1-4H3,(H2,20,25)(H,21,26). The fourth-order valence-electron chi connectivity index (χ4n) is 2.95. The van der Waals surface area contributed by atoms with Crippen molar-refractivity contribution in [2.75, 3.05) is 5.32 Å². The Morgan fingerprint density at radius 1 is 1.29 bits per heavy atom. The number of benzene rings is 1. The van der Waals surface area contributed by atoms with Gasteiger partial charge in [-0.05, 0) is 32.9 Å². The molecular formula is C19H20N4O5. The molecule has 0 aliphatic carbocycles. The number of carbonyl (C=O) groups excluding carboxylic acids is 2. The molecule has 0 saturated carbocycles. The summed E-state index contributed by atoms with van der Waals surface area (Å²) in [6, 6.07) is 5.97. The molecule has 9 nitrogen and oxygen atoms in total. The number of hydrogen-bond donors (Lipinski definition) is 2. The van der Waals surface area contributed by atoms with E-state index in [4.69, 9.17) is 14.9 Å². The largest absolute Gasteiger partial charge is 0.491 e. The number of carbonyl (C=O) groups is 2. The van der Waals surface area contributed by atoms with Crippen LogP contribution in [0.4, 0.5) is 5.69 Å². The van der Waals surface area contributed by atoms with Crippen LogP contribution in [0.15, 0.2) is 33.5 Å². The van der Waals surface area contributed by atoms with E-state index < -0.39 is 17.4 Å². The van der Waals surface area contributed by atoms with Gasteiger partial charge >= 0.3 is 5.63 Å². The average molecular weight is 384 g/mol. The van der Waals surface area contributed by atoms with Gasteiger partial charge in [-0.2, -0.15) is 5.10 Å². The van der Waals surface area contributed by atoms with Gasteiger partial charge in [0, 0.05) is 24.6 Å². The van der Waals surface area contributed by atoms with Crippen LogP contribution in [-0.2, 0) is 7.05 Å². The summed E-state index contributed by atoms with van der Waals surface area (Å²) in [5.74, 6) is -0.803. The second kappa shape index (κ2) is 7.18. The first-order chi connectivity index (χ1) is 13.2. The molecule has 9 heteroatoms. The van der Waals surface area contributed by atoms with Gasteiger partial charge in [-0.15, -0.1) is 0 Å². The molecule has 3 rings (SSSR count). The van der Waals surface area contributed by atoms with Crippen molar-refractivity contribution in [3.8, 4) is 5.75 Å². The molecule has 28 heavy (non-hydrogen) atoms. The normalized spacial score (nSPS) is 11.0. The number of anilines is 1. The Kier molecular flexibility index (Phi) is 4.91. The maximum absolute atomic E-state index is 12.9. The fraction of sp³-hybridized carbons (Fsp3) is 0.263. The first kappa shape index (κ1) is 19.2. The summed E-state index contributed by atoms with van der Waals surface area (Å²) < 4.78 is 12.1. The Morgan fingerprint density at radius 3 is 2.64 bits per heavy atom. The first-order valence-corrected chi connectivity index (χ1v) is 8.56. The Hall–Kier alpha value is -3.62. The van der Waals surface area contributed by atoms with Crippen molar-refractivity contribution in [2.45, 2.75) is 26.9 Å². The van der Waals surface area contributed by atoms with Crippen molar-refractivity contribution in [3.05, 3.63) is 51.6 Å². The highest BCUT2D eigenvalue weighted by Gasteiger charge is 2.22. The van der Waals surface area contributed by atoms with Gasteiger partial charge < -0.3 is 20.2 Å². The summed E-state index contributed by atoms with van der Waals surface area (Å²) >= 11 is 0. The van der Waals surface area contributed by atoms with E-state index in [-0.39, 0.29) is 28.6 Å². The minimum absolute atomic E-state index is 0.0589. The number of primary amides is 1. The van der Waals surface area contributed by atoms with Crippen molar-refractivity contribution < 1.29 is 18.7 Å². The van der Waals surface area contributed by atoms with E-state index in [9.17, 15) is 14.4 Å². The van der Waals surface area contributed by atoms with Crippen LogP contribution in [0.3, 0.4) is 0 Å². The van der Waals surface area contributed by atoms with Crippen LogP contribution in [0.5, 0.6) is 5.75 Å². The van der Waals surface area contributed by atoms with Gasteiger partial charge in [0.05, 0.1) is 23.0 Å². The number of nitrogens with zero attached hydrogens (tertiary/aromatic N) is 2. The van der Waals surface area contributed by atoms with Crippen LogP contribution in [0, 0.1) is 6.92 Å². The smallest absolute Gasteiger partial charge is 0.337 e. The molecule has 2 amide bonds. The van der Waals surface area contributed by atoms with Crippen LogP contribution >= 0.6 is 0 Å². The lowest BCUT2D eigenvalue weighted by atomic mass is 10.1. The first-order valence-electron chi connectivity index (χ1n) is 8.56. The lowest BCUT2D eigenvalue weighted by molar-refractivity contribution is 0.0992. The number of nitrogens with two attached hydrogens (primary N) is 1. The van der Waals surface area contributed by atoms with Gasteiger partial charge in [-0.25, -0.2) is 4.79 Å². The zero-order valence-electron chi connectivity index (χ0n) is 15.9. The van der Waals surface area contributed by atoms with E-state index in [1.54, 1.807) is 32.2 Å². The molecule has 2 heterocycles. The number of aryl methyl sites for hydroxylation is 2. The molecule has 3 N–H and O–H groups in total. The minimum Gasteiger partial charge on any atom is -0.491 e. The highest BCUT2D eigenvalue weighted by molar-refractivity contribution is 6.14. The average Bonchev–Trinajstić information content (AvgIpc) is 2.86. The molecule has 3 aromatic rings. The van der Waals surface area contributed by atoms with Gasteiger partial charge in [0.2, 0.25) is 0 Å². The second-order valence-corrected chi connectivity index (χ2v) is 6.55. The predicted octanol–water partition coefficient (Wildman–Crippen LogP) is 1.97. The van der Waals surface area contributed by atoms with Crippen molar-refractivity contribution in [1.82, 2.24) is 9.78 Å². The van der Waals surface area contributed by atoms with Gasteiger partial charge in [0.1, 0.15) is 17.0 Å².